The fraction of sp³-hybridized carbons (Fsp3) is 0.786. The number of morpholine rings is 1. The molecule has 7 nitrogen and oxygen atoms in total. The van der Waals surface area contributed by atoms with Crippen molar-refractivity contribution < 1.29 is 9.53 Å². The van der Waals surface area contributed by atoms with Crippen LogP contribution >= 0.6 is 0 Å². The summed E-state index contributed by atoms with van der Waals surface area (Å²) in [6, 6.07) is 0.329. The van der Waals surface area contributed by atoms with Crippen LogP contribution in [0, 0.1) is 6.92 Å². The smallest absolute Gasteiger partial charge is 0.230 e. The maximum Gasteiger partial charge on any atom is 0.230 e. The van der Waals surface area contributed by atoms with Crippen LogP contribution < -0.4 is 0 Å². The number of aromatic amines is 1. The molecule has 0 aromatic carbocycles. The Hall–Kier alpha value is -1.47. The Kier molecular flexibility index (Phi) is 4.50. The van der Waals surface area contributed by atoms with Gasteiger partial charge in [-0.05, 0) is 19.8 Å². The van der Waals surface area contributed by atoms with Crippen molar-refractivity contribution in [3.63, 3.8) is 0 Å². The van der Waals surface area contributed by atoms with Crippen LogP contribution in [0.1, 0.15) is 24.5 Å². The van der Waals surface area contributed by atoms with E-state index in [0.29, 0.717) is 18.3 Å². The molecule has 3 heterocycles. The first kappa shape index (κ1) is 14.5. The second kappa shape index (κ2) is 6.53. The monoisotopic (exact) mass is 293 g/mol. The quantitative estimate of drug-likeness (QED) is 0.844. The van der Waals surface area contributed by atoms with Gasteiger partial charge in [0.15, 0.2) is 5.82 Å². The first-order valence-corrected chi connectivity index (χ1v) is 7.70. The Morgan fingerprint density at radius 3 is 2.90 bits per heavy atom. The predicted octanol–water partition coefficient (Wildman–Crippen LogP) is -0.0212. The molecule has 2 fully saturated rings. The number of nitrogens with one attached hydrogen (secondary N) is 1. The number of H-pyrrole nitrogens is 1. The number of carbonyl (C=O) groups is 1. The summed E-state index contributed by atoms with van der Waals surface area (Å²) in [6.45, 7) is 7.21. The highest BCUT2D eigenvalue weighted by atomic mass is 16.5. The largest absolute Gasteiger partial charge is 0.379 e. The van der Waals surface area contributed by atoms with E-state index in [2.05, 4.69) is 20.1 Å². The molecule has 0 spiro atoms. The number of amides is 1. The second-order valence-corrected chi connectivity index (χ2v) is 5.81. The molecule has 116 valence electrons. The average Bonchev–Trinajstić information content (AvgIpc) is 3.09. The fourth-order valence-electron chi connectivity index (χ4n) is 3.14. The number of rotatable bonds is 4. The lowest BCUT2D eigenvalue weighted by Gasteiger charge is -2.32. The third-order valence-corrected chi connectivity index (χ3v) is 4.22. The van der Waals surface area contributed by atoms with Crippen molar-refractivity contribution in [1.82, 2.24) is 25.0 Å². The zero-order valence-corrected chi connectivity index (χ0v) is 12.5. The van der Waals surface area contributed by atoms with Crippen molar-refractivity contribution >= 4 is 5.91 Å². The van der Waals surface area contributed by atoms with Crippen LogP contribution in [-0.2, 0) is 16.0 Å². The van der Waals surface area contributed by atoms with Gasteiger partial charge in [0, 0.05) is 32.2 Å². The van der Waals surface area contributed by atoms with E-state index in [0.717, 1.165) is 58.1 Å². The number of carbonyl (C=O) groups excluding carboxylic acids is 1. The normalized spacial score (nSPS) is 23.7. The van der Waals surface area contributed by atoms with E-state index >= 15 is 0 Å². The van der Waals surface area contributed by atoms with Crippen LogP contribution in [-0.4, -0.2) is 76.3 Å². The van der Waals surface area contributed by atoms with Gasteiger partial charge in [0.2, 0.25) is 5.91 Å². The maximum atomic E-state index is 12.5. The Morgan fingerprint density at radius 2 is 2.19 bits per heavy atom. The molecule has 21 heavy (non-hydrogen) atoms. The lowest BCUT2D eigenvalue weighted by Crippen LogP contribution is -2.47. The van der Waals surface area contributed by atoms with E-state index in [1.54, 1.807) is 0 Å². The topological polar surface area (TPSA) is 74.3 Å². The molecule has 1 amide bonds. The van der Waals surface area contributed by atoms with Crippen molar-refractivity contribution in [1.29, 1.82) is 0 Å². The summed E-state index contributed by atoms with van der Waals surface area (Å²) in [7, 11) is 0. The van der Waals surface area contributed by atoms with Crippen molar-refractivity contribution in [2.45, 2.75) is 32.2 Å². The molecule has 1 unspecified atom stereocenters. The Bertz CT molecular complexity index is 483. The molecule has 2 aliphatic heterocycles. The summed E-state index contributed by atoms with van der Waals surface area (Å²) in [5.41, 5.74) is 0. The van der Waals surface area contributed by atoms with Crippen LogP contribution in [0.5, 0.6) is 0 Å². The van der Waals surface area contributed by atoms with E-state index in [9.17, 15) is 4.79 Å². The standard InChI is InChI=1S/C14H23N5O2/c1-11-15-13(17-16-11)9-14(20)19-4-2-3-12(19)10-18-5-7-21-8-6-18/h12H,2-10H2,1H3,(H,15,16,17). The minimum Gasteiger partial charge on any atom is -0.379 e. The summed E-state index contributed by atoms with van der Waals surface area (Å²) in [6.07, 6.45) is 2.48. The zero-order chi connectivity index (χ0) is 14.7. The molecule has 0 radical (unpaired) electrons. The van der Waals surface area contributed by atoms with E-state index in [4.69, 9.17) is 4.74 Å². The van der Waals surface area contributed by atoms with E-state index in [-0.39, 0.29) is 5.91 Å². The van der Waals surface area contributed by atoms with Gasteiger partial charge < -0.3 is 9.64 Å². The summed E-state index contributed by atoms with van der Waals surface area (Å²) in [5.74, 6) is 1.49. The van der Waals surface area contributed by atoms with Crippen LogP contribution in [0.25, 0.3) is 0 Å². The average molecular weight is 293 g/mol. The second-order valence-electron chi connectivity index (χ2n) is 5.81. The molecule has 1 N–H and O–H groups in total. The molecular formula is C14H23N5O2. The molecule has 1 aromatic rings. The zero-order valence-electron chi connectivity index (χ0n) is 12.5. The predicted molar refractivity (Wildman–Crippen MR) is 76.8 cm³/mol. The van der Waals surface area contributed by atoms with Crippen molar-refractivity contribution in [3.05, 3.63) is 11.6 Å². The van der Waals surface area contributed by atoms with Crippen LogP contribution in [0.4, 0.5) is 0 Å². The molecular weight excluding hydrogens is 270 g/mol. The van der Waals surface area contributed by atoms with Crippen molar-refractivity contribution in [2.75, 3.05) is 39.4 Å². The number of hydrogen-bond donors (Lipinski definition) is 1. The molecule has 0 aliphatic carbocycles. The number of likely N-dealkylation sites (tertiary alicyclic amines) is 1. The lowest BCUT2D eigenvalue weighted by atomic mass is 10.2. The third kappa shape index (κ3) is 3.59. The summed E-state index contributed by atoms with van der Waals surface area (Å²) >= 11 is 0. The van der Waals surface area contributed by atoms with Gasteiger partial charge in [-0.1, -0.05) is 0 Å². The Labute approximate surface area is 124 Å². The van der Waals surface area contributed by atoms with Gasteiger partial charge in [0.25, 0.3) is 0 Å². The molecule has 1 aromatic heterocycles. The number of aromatic nitrogens is 3. The van der Waals surface area contributed by atoms with E-state index in [1.807, 2.05) is 11.8 Å². The van der Waals surface area contributed by atoms with Crippen LogP contribution in [0.2, 0.25) is 0 Å². The molecule has 2 saturated heterocycles. The highest BCUT2D eigenvalue weighted by molar-refractivity contribution is 5.78. The molecule has 0 saturated carbocycles. The third-order valence-electron chi connectivity index (χ3n) is 4.22. The Balaban J connectivity index is 1.56. The van der Waals surface area contributed by atoms with Gasteiger partial charge in [0.1, 0.15) is 5.82 Å². The molecule has 2 aliphatic rings. The minimum absolute atomic E-state index is 0.143. The van der Waals surface area contributed by atoms with Crippen LogP contribution in [0.3, 0.4) is 0 Å². The van der Waals surface area contributed by atoms with E-state index in [1.165, 1.54) is 0 Å². The summed E-state index contributed by atoms with van der Waals surface area (Å²) in [5, 5.41) is 6.84. The van der Waals surface area contributed by atoms with Gasteiger partial charge in [-0.3, -0.25) is 14.8 Å². The first-order valence-electron chi connectivity index (χ1n) is 7.70. The van der Waals surface area contributed by atoms with Crippen molar-refractivity contribution in [2.24, 2.45) is 0 Å². The van der Waals surface area contributed by atoms with Crippen molar-refractivity contribution in [3.8, 4) is 0 Å². The number of ether oxygens (including phenoxy) is 1. The Morgan fingerprint density at radius 1 is 1.38 bits per heavy atom. The van der Waals surface area contributed by atoms with Gasteiger partial charge in [-0.25, -0.2) is 4.98 Å². The fourth-order valence-corrected chi connectivity index (χ4v) is 3.14. The maximum absolute atomic E-state index is 12.5. The lowest BCUT2D eigenvalue weighted by molar-refractivity contribution is -0.131. The summed E-state index contributed by atoms with van der Waals surface area (Å²) in [4.78, 5) is 21.1. The van der Waals surface area contributed by atoms with Gasteiger partial charge in [-0.15, -0.1) is 0 Å². The highest BCUT2D eigenvalue weighted by Gasteiger charge is 2.30. The van der Waals surface area contributed by atoms with Gasteiger partial charge >= 0.3 is 0 Å². The summed E-state index contributed by atoms with van der Waals surface area (Å²) < 4.78 is 5.38. The molecule has 0 bridgehead atoms. The van der Waals surface area contributed by atoms with Gasteiger partial charge in [-0.2, -0.15) is 5.10 Å². The minimum atomic E-state index is 0.143. The molecule has 1 atom stereocenters. The van der Waals surface area contributed by atoms with Crippen LogP contribution in [0.15, 0.2) is 0 Å². The highest BCUT2D eigenvalue weighted by Crippen LogP contribution is 2.19. The first-order chi connectivity index (χ1) is 10.2. The van der Waals surface area contributed by atoms with Gasteiger partial charge in [0.05, 0.1) is 19.6 Å². The SMILES string of the molecule is Cc1nc(CC(=O)N2CCCC2CN2CCOCC2)n[nH]1. The number of hydrogen-bond acceptors (Lipinski definition) is 5. The number of aryl methyl sites for hydroxylation is 1. The number of nitrogens with zero attached hydrogens (tertiary/aromatic N) is 4. The van der Waals surface area contributed by atoms with E-state index < -0.39 is 0 Å². The molecule has 3 rings (SSSR count). The molecule has 7 heteroatoms.